The number of carbonyl (C=O) groups excluding carboxylic acids is 1. The number of likely N-dealkylation sites (N-methyl/N-ethyl adjacent to an activating group) is 1. The maximum Gasteiger partial charge on any atom is 0.307 e. The van der Waals surface area contributed by atoms with Crippen LogP contribution in [0.1, 0.15) is 30.4 Å². The van der Waals surface area contributed by atoms with Gasteiger partial charge in [-0.2, -0.15) is 0 Å². The summed E-state index contributed by atoms with van der Waals surface area (Å²) in [6.07, 6.45) is 4.34. The Morgan fingerprint density at radius 3 is 2.93 bits per heavy atom. The van der Waals surface area contributed by atoms with Gasteiger partial charge in [-0.3, -0.25) is 9.59 Å². The molecule has 1 saturated heterocycles. The standard InChI is InChI=1S/C21H23NO6/c1-22-9-8-21-12-3-5-15(27-17(26)7-6-16(24)25)20(21)28-19-14(23)4-2-11(18(19)21)10-13(12)22/h2-5,12-13,15,20,23H,6-10H2,1H3,(H,24,25)/t12-,13?,15-,20-,21-/m0/s1. The van der Waals surface area contributed by atoms with E-state index in [1.807, 2.05) is 12.1 Å². The van der Waals surface area contributed by atoms with E-state index in [9.17, 15) is 14.7 Å². The number of phenols is 1. The zero-order valence-corrected chi connectivity index (χ0v) is 15.6. The molecule has 2 N–H and O–H groups in total. The van der Waals surface area contributed by atoms with Crippen LogP contribution < -0.4 is 4.74 Å². The number of rotatable bonds is 4. The summed E-state index contributed by atoms with van der Waals surface area (Å²) in [6, 6.07) is 4.00. The molecule has 148 valence electrons. The van der Waals surface area contributed by atoms with E-state index in [1.54, 1.807) is 6.07 Å². The first-order valence-electron chi connectivity index (χ1n) is 9.73. The maximum atomic E-state index is 12.2. The van der Waals surface area contributed by atoms with Gasteiger partial charge >= 0.3 is 11.9 Å². The van der Waals surface area contributed by atoms with Crippen LogP contribution in [0.25, 0.3) is 0 Å². The highest BCUT2D eigenvalue weighted by Crippen LogP contribution is 2.62. The van der Waals surface area contributed by atoms with Crippen LogP contribution in [0, 0.1) is 5.92 Å². The van der Waals surface area contributed by atoms with Gasteiger partial charge in [-0.15, -0.1) is 0 Å². The summed E-state index contributed by atoms with van der Waals surface area (Å²) in [6.45, 7) is 0.906. The van der Waals surface area contributed by atoms with Crippen molar-refractivity contribution >= 4 is 11.9 Å². The second-order valence-corrected chi connectivity index (χ2v) is 8.29. The number of ether oxygens (including phenoxy) is 2. The van der Waals surface area contributed by atoms with Gasteiger partial charge in [0.1, 0.15) is 6.10 Å². The van der Waals surface area contributed by atoms with Gasteiger partial charge in [0, 0.05) is 22.9 Å². The normalized spacial score (nSPS) is 34.5. The molecule has 4 aliphatic rings. The summed E-state index contributed by atoms with van der Waals surface area (Å²) < 4.78 is 11.9. The largest absolute Gasteiger partial charge is 0.504 e. The van der Waals surface area contributed by atoms with Crippen molar-refractivity contribution in [3.05, 3.63) is 35.4 Å². The average Bonchev–Trinajstić information content (AvgIpc) is 3.01. The van der Waals surface area contributed by atoms with Crippen LogP contribution in [0.4, 0.5) is 0 Å². The van der Waals surface area contributed by atoms with Gasteiger partial charge in [0.2, 0.25) is 0 Å². The third kappa shape index (κ3) is 2.25. The van der Waals surface area contributed by atoms with E-state index in [2.05, 4.69) is 18.0 Å². The van der Waals surface area contributed by atoms with Gasteiger partial charge in [0.15, 0.2) is 17.6 Å². The fourth-order valence-corrected chi connectivity index (χ4v) is 5.74. The van der Waals surface area contributed by atoms with Crippen LogP contribution in [-0.4, -0.2) is 58.9 Å². The monoisotopic (exact) mass is 385 g/mol. The van der Waals surface area contributed by atoms with E-state index < -0.39 is 24.1 Å². The summed E-state index contributed by atoms with van der Waals surface area (Å²) in [5.74, 6) is -0.711. The molecular formula is C21H23NO6. The van der Waals surface area contributed by atoms with Gasteiger partial charge in [0.25, 0.3) is 0 Å². The van der Waals surface area contributed by atoms with Crippen LogP contribution >= 0.6 is 0 Å². The Labute approximate surface area is 162 Å². The Morgan fingerprint density at radius 1 is 1.32 bits per heavy atom. The number of piperidine rings is 1. The van der Waals surface area contributed by atoms with Crippen molar-refractivity contribution in [1.82, 2.24) is 4.90 Å². The number of aliphatic carboxylic acids is 1. The van der Waals surface area contributed by atoms with Crippen molar-refractivity contribution in [3.63, 3.8) is 0 Å². The Balaban J connectivity index is 1.55. The summed E-state index contributed by atoms with van der Waals surface area (Å²) >= 11 is 0. The van der Waals surface area contributed by atoms with Gasteiger partial charge in [0.05, 0.1) is 12.8 Å². The molecule has 1 unspecified atom stereocenters. The summed E-state index contributed by atoms with van der Waals surface area (Å²) in [7, 11) is 2.14. The lowest BCUT2D eigenvalue weighted by Crippen LogP contribution is -2.65. The highest BCUT2D eigenvalue weighted by molar-refractivity contribution is 5.77. The van der Waals surface area contributed by atoms with Crippen LogP contribution in [0.5, 0.6) is 11.5 Å². The molecule has 5 rings (SSSR count). The van der Waals surface area contributed by atoms with Gasteiger partial charge in [-0.1, -0.05) is 12.1 Å². The molecule has 2 heterocycles. The smallest absolute Gasteiger partial charge is 0.307 e. The Bertz CT molecular complexity index is 895. The Kier molecular flexibility index (Phi) is 3.75. The molecule has 0 amide bonds. The second-order valence-electron chi connectivity index (χ2n) is 8.29. The number of carboxylic acids is 1. The number of phenolic OH excluding ortho intramolecular Hbond substituents is 1. The molecule has 1 aromatic rings. The van der Waals surface area contributed by atoms with E-state index >= 15 is 0 Å². The predicted molar refractivity (Wildman–Crippen MR) is 98.3 cm³/mol. The molecule has 5 atom stereocenters. The zero-order valence-electron chi connectivity index (χ0n) is 15.6. The van der Waals surface area contributed by atoms with Crippen molar-refractivity contribution in [3.8, 4) is 11.5 Å². The Hall–Kier alpha value is -2.54. The van der Waals surface area contributed by atoms with Crippen molar-refractivity contribution in [1.29, 1.82) is 0 Å². The highest BCUT2D eigenvalue weighted by atomic mass is 16.6. The molecule has 0 saturated carbocycles. The third-order valence-corrected chi connectivity index (χ3v) is 6.94. The third-order valence-electron chi connectivity index (χ3n) is 6.94. The predicted octanol–water partition coefficient (Wildman–Crippen LogP) is 1.61. The number of benzene rings is 1. The molecule has 2 bridgehead atoms. The minimum absolute atomic E-state index is 0.120. The molecule has 0 aromatic heterocycles. The van der Waals surface area contributed by atoms with Gasteiger partial charge in [-0.05, 0) is 44.1 Å². The molecular weight excluding hydrogens is 362 g/mol. The maximum absolute atomic E-state index is 12.2. The van der Waals surface area contributed by atoms with E-state index in [4.69, 9.17) is 14.6 Å². The first-order valence-corrected chi connectivity index (χ1v) is 9.73. The van der Waals surface area contributed by atoms with Crippen molar-refractivity contribution in [2.45, 2.75) is 49.3 Å². The number of likely N-dealkylation sites (tertiary alicyclic amines) is 1. The van der Waals surface area contributed by atoms with Crippen molar-refractivity contribution in [2.75, 3.05) is 13.6 Å². The average molecular weight is 385 g/mol. The van der Waals surface area contributed by atoms with E-state index in [1.165, 1.54) is 5.56 Å². The van der Waals surface area contributed by atoms with Crippen LogP contribution in [-0.2, 0) is 26.2 Å². The molecule has 0 radical (unpaired) electrons. The number of hydrogen-bond acceptors (Lipinski definition) is 6. The number of aromatic hydroxyl groups is 1. The van der Waals surface area contributed by atoms with Crippen molar-refractivity contribution in [2.24, 2.45) is 5.92 Å². The number of carboxylic acid groups (broad SMARTS) is 1. The van der Waals surface area contributed by atoms with E-state index in [0.29, 0.717) is 11.8 Å². The second kappa shape index (κ2) is 5.98. The lowest BCUT2D eigenvalue weighted by Gasteiger charge is -2.56. The SMILES string of the molecule is CN1CC[C@]23c4c5ccc(O)c4O[C@H]2[C@@H](OC(=O)CCC(=O)O)C=C[C@H]3C1C5. The minimum atomic E-state index is -1.03. The first kappa shape index (κ1) is 17.6. The molecule has 1 aromatic carbocycles. The number of nitrogens with zero attached hydrogens (tertiary/aromatic N) is 1. The van der Waals surface area contributed by atoms with E-state index in [0.717, 1.165) is 24.9 Å². The number of esters is 1. The summed E-state index contributed by atoms with van der Waals surface area (Å²) in [5.41, 5.74) is 1.93. The molecule has 7 nitrogen and oxygen atoms in total. The molecule has 2 aliphatic heterocycles. The first-order chi connectivity index (χ1) is 13.4. The molecule has 28 heavy (non-hydrogen) atoms. The minimum Gasteiger partial charge on any atom is -0.504 e. The lowest BCUT2D eigenvalue weighted by atomic mass is 9.53. The molecule has 7 heteroatoms. The van der Waals surface area contributed by atoms with Crippen LogP contribution in [0.15, 0.2) is 24.3 Å². The van der Waals surface area contributed by atoms with Crippen molar-refractivity contribution < 1.29 is 29.3 Å². The van der Waals surface area contributed by atoms with Gasteiger partial charge < -0.3 is 24.6 Å². The van der Waals surface area contributed by atoms with Crippen LogP contribution in [0.3, 0.4) is 0 Å². The lowest BCUT2D eigenvalue weighted by molar-refractivity contribution is -0.157. The topological polar surface area (TPSA) is 96.3 Å². The molecule has 1 spiro atoms. The molecule has 1 fully saturated rings. The fourth-order valence-electron chi connectivity index (χ4n) is 5.74. The zero-order chi connectivity index (χ0) is 19.6. The highest BCUT2D eigenvalue weighted by Gasteiger charge is 2.65. The number of carbonyl (C=O) groups is 2. The van der Waals surface area contributed by atoms with Gasteiger partial charge in [-0.25, -0.2) is 0 Å². The fraction of sp³-hybridized carbons (Fsp3) is 0.524. The summed E-state index contributed by atoms with van der Waals surface area (Å²) in [4.78, 5) is 25.3. The van der Waals surface area contributed by atoms with E-state index in [-0.39, 0.29) is 29.9 Å². The van der Waals surface area contributed by atoms with Crippen LogP contribution in [0.2, 0.25) is 0 Å². The Morgan fingerprint density at radius 2 is 2.14 bits per heavy atom. The summed E-state index contributed by atoms with van der Waals surface area (Å²) in [5, 5.41) is 19.2. The molecule has 2 aliphatic carbocycles. The quantitative estimate of drug-likeness (QED) is 0.600. The number of hydrogen-bond donors (Lipinski definition) is 2.